The molecular formula is C20H21ClN6. The number of aromatic nitrogens is 3. The first kappa shape index (κ1) is 17.5. The molecule has 4 rings (SSSR count). The highest BCUT2D eigenvalue weighted by atomic mass is 35.5. The Morgan fingerprint density at radius 2 is 1.78 bits per heavy atom. The van der Waals surface area contributed by atoms with E-state index in [0.29, 0.717) is 23.3 Å². The second-order valence-electron chi connectivity index (χ2n) is 6.48. The average molecular weight is 381 g/mol. The summed E-state index contributed by atoms with van der Waals surface area (Å²) < 4.78 is 0. The van der Waals surface area contributed by atoms with Gasteiger partial charge in [0.2, 0.25) is 5.95 Å². The zero-order valence-corrected chi connectivity index (χ0v) is 15.7. The largest absolute Gasteiger partial charge is 0.372 e. The zero-order valence-electron chi connectivity index (χ0n) is 14.9. The molecule has 1 aliphatic heterocycles. The van der Waals surface area contributed by atoms with E-state index in [1.807, 2.05) is 24.3 Å². The van der Waals surface area contributed by atoms with Crippen molar-refractivity contribution in [2.24, 2.45) is 0 Å². The average Bonchev–Trinajstić information content (AvgIpc) is 3.23. The summed E-state index contributed by atoms with van der Waals surface area (Å²) in [6.45, 7) is 2.82. The fourth-order valence-corrected chi connectivity index (χ4v) is 3.34. The van der Waals surface area contributed by atoms with Gasteiger partial charge in [-0.1, -0.05) is 29.8 Å². The van der Waals surface area contributed by atoms with Crippen LogP contribution in [-0.2, 0) is 6.54 Å². The normalized spacial score (nSPS) is 13.6. The highest BCUT2D eigenvalue weighted by molar-refractivity contribution is 6.31. The van der Waals surface area contributed by atoms with Gasteiger partial charge < -0.3 is 15.5 Å². The van der Waals surface area contributed by atoms with Crippen molar-refractivity contribution in [2.75, 3.05) is 28.6 Å². The number of hydrogen-bond donors (Lipinski definition) is 2. The molecule has 1 saturated heterocycles. The molecule has 0 radical (unpaired) electrons. The van der Waals surface area contributed by atoms with E-state index in [1.54, 1.807) is 6.20 Å². The lowest BCUT2D eigenvalue weighted by molar-refractivity contribution is 0.948. The molecule has 0 spiro atoms. The molecule has 138 valence electrons. The molecular weight excluding hydrogens is 360 g/mol. The minimum atomic E-state index is 0.452. The number of halogens is 1. The van der Waals surface area contributed by atoms with Crippen LogP contribution in [0.4, 0.5) is 23.1 Å². The van der Waals surface area contributed by atoms with Crippen molar-refractivity contribution in [2.45, 2.75) is 19.4 Å². The first-order valence-corrected chi connectivity index (χ1v) is 9.45. The molecule has 0 bridgehead atoms. The standard InChI is InChI=1S/C20H21ClN6/c21-18-6-2-1-5-15(18)13-22-20-25-19(14-23-26-20)24-16-7-9-17(10-8-16)27-11-3-4-12-27/h1-2,5-10,14H,3-4,11-13H2,(H2,22,24,25,26). The molecule has 0 saturated carbocycles. The van der Waals surface area contributed by atoms with Crippen molar-refractivity contribution in [3.05, 3.63) is 65.3 Å². The Bertz CT molecular complexity index is 893. The fraction of sp³-hybridized carbons (Fsp3) is 0.250. The van der Waals surface area contributed by atoms with Crippen LogP contribution >= 0.6 is 11.6 Å². The first-order valence-electron chi connectivity index (χ1n) is 9.07. The minimum Gasteiger partial charge on any atom is -0.372 e. The number of nitrogens with one attached hydrogen (secondary N) is 2. The molecule has 3 aromatic rings. The Morgan fingerprint density at radius 3 is 2.56 bits per heavy atom. The van der Waals surface area contributed by atoms with Gasteiger partial charge in [-0.15, -0.1) is 5.10 Å². The SMILES string of the molecule is Clc1ccccc1CNc1nncc(Nc2ccc(N3CCCC3)cc2)n1. The predicted molar refractivity (Wildman–Crippen MR) is 110 cm³/mol. The Balaban J connectivity index is 1.39. The van der Waals surface area contributed by atoms with E-state index in [9.17, 15) is 0 Å². The van der Waals surface area contributed by atoms with E-state index >= 15 is 0 Å². The van der Waals surface area contributed by atoms with Crippen LogP contribution in [0.2, 0.25) is 5.02 Å². The van der Waals surface area contributed by atoms with Crippen LogP contribution in [0.1, 0.15) is 18.4 Å². The molecule has 0 atom stereocenters. The van der Waals surface area contributed by atoms with Crippen LogP contribution in [0.5, 0.6) is 0 Å². The van der Waals surface area contributed by atoms with Gasteiger partial charge in [-0.05, 0) is 48.7 Å². The molecule has 0 unspecified atom stereocenters. The molecule has 27 heavy (non-hydrogen) atoms. The van der Waals surface area contributed by atoms with Crippen molar-refractivity contribution in [1.29, 1.82) is 0 Å². The lowest BCUT2D eigenvalue weighted by atomic mass is 10.2. The Kier molecular flexibility index (Phi) is 5.34. The number of nitrogens with zero attached hydrogens (tertiary/aromatic N) is 4. The summed E-state index contributed by atoms with van der Waals surface area (Å²) in [4.78, 5) is 6.87. The monoisotopic (exact) mass is 380 g/mol. The summed E-state index contributed by atoms with van der Waals surface area (Å²) in [5, 5.41) is 15.2. The molecule has 1 fully saturated rings. The summed E-state index contributed by atoms with van der Waals surface area (Å²) >= 11 is 6.18. The Hall–Kier alpha value is -2.86. The quantitative estimate of drug-likeness (QED) is 0.657. The number of anilines is 4. The highest BCUT2D eigenvalue weighted by Crippen LogP contribution is 2.23. The van der Waals surface area contributed by atoms with Gasteiger partial charge in [-0.2, -0.15) is 10.1 Å². The molecule has 7 heteroatoms. The van der Waals surface area contributed by atoms with Gasteiger partial charge in [-0.25, -0.2) is 0 Å². The van der Waals surface area contributed by atoms with E-state index in [1.165, 1.54) is 18.5 Å². The summed E-state index contributed by atoms with van der Waals surface area (Å²) in [7, 11) is 0. The van der Waals surface area contributed by atoms with E-state index in [0.717, 1.165) is 24.3 Å². The number of hydrogen-bond acceptors (Lipinski definition) is 6. The van der Waals surface area contributed by atoms with E-state index in [4.69, 9.17) is 11.6 Å². The third kappa shape index (κ3) is 4.46. The van der Waals surface area contributed by atoms with Crippen LogP contribution < -0.4 is 15.5 Å². The highest BCUT2D eigenvalue weighted by Gasteiger charge is 2.12. The van der Waals surface area contributed by atoms with Gasteiger partial charge in [0.05, 0.1) is 6.20 Å². The van der Waals surface area contributed by atoms with Gasteiger partial charge >= 0.3 is 0 Å². The molecule has 2 N–H and O–H groups in total. The van der Waals surface area contributed by atoms with Crippen LogP contribution in [0, 0.1) is 0 Å². The van der Waals surface area contributed by atoms with E-state index in [-0.39, 0.29) is 0 Å². The van der Waals surface area contributed by atoms with E-state index in [2.05, 4.69) is 55.0 Å². The Labute approximate surface area is 163 Å². The molecule has 6 nitrogen and oxygen atoms in total. The van der Waals surface area contributed by atoms with Crippen molar-refractivity contribution in [1.82, 2.24) is 15.2 Å². The lowest BCUT2D eigenvalue weighted by Crippen LogP contribution is -2.17. The van der Waals surface area contributed by atoms with Crippen molar-refractivity contribution >= 4 is 34.7 Å². The topological polar surface area (TPSA) is 66.0 Å². The Morgan fingerprint density at radius 1 is 1.00 bits per heavy atom. The third-order valence-corrected chi connectivity index (χ3v) is 4.93. The minimum absolute atomic E-state index is 0.452. The molecule has 1 aliphatic rings. The van der Waals surface area contributed by atoms with E-state index < -0.39 is 0 Å². The maximum Gasteiger partial charge on any atom is 0.244 e. The van der Waals surface area contributed by atoms with Crippen LogP contribution in [0.3, 0.4) is 0 Å². The third-order valence-electron chi connectivity index (χ3n) is 4.56. The predicted octanol–water partition coefficient (Wildman–Crippen LogP) is 4.48. The van der Waals surface area contributed by atoms with Gasteiger partial charge in [0.25, 0.3) is 0 Å². The molecule has 0 aliphatic carbocycles. The molecule has 2 aromatic carbocycles. The summed E-state index contributed by atoms with van der Waals surface area (Å²) in [6, 6.07) is 16.1. The number of rotatable bonds is 6. The molecule has 0 amide bonds. The first-order chi connectivity index (χ1) is 13.3. The van der Waals surface area contributed by atoms with Crippen LogP contribution in [0.15, 0.2) is 54.7 Å². The van der Waals surface area contributed by atoms with Crippen molar-refractivity contribution in [3.63, 3.8) is 0 Å². The van der Waals surface area contributed by atoms with Gasteiger partial charge in [-0.3, -0.25) is 0 Å². The van der Waals surface area contributed by atoms with Gasteiger partial charge in [0, 0.05) is 36.0 Å². The number of benzene rings is 2. The second kappa shape index (κ2) is 8.22. The van der Waals surface area contributed by atoms with Crippen molar-refractivity contribution < 1.29 is 0 Å². The maximum absolute atomic E-state index is 6.18. The molecule has 2 heterocycles. The molecule has 1 aromatic heterocycles. The van der Waals surface area contributed by atoms with Crippen LogP contribution in [-0.4, -0.2) is 28.3 Å². The van der Waals surface area contributed by atoms with Crippen LogP contribution in [0.25, 0.3) is 0 Å². The maximum atomic E-state index is 6.18. The van der Waals surface area contributed by atoms with Crippen molar-refractivity contribution in [3.8, 4) is 0 Å². The van der Waals surface area contributed by atoms with Gasteiger partial charge in [0.1, 0.15) is 0 Å². The summed E-state index contributed by atoms with van der Waals surface area (Å²) in [5.74, 6) is 1.09. The zero-order chi connectivity index (χ0) is 18.5. The lowest BCUT2D eigenvalue weighted by Gasteiger charge is -2.17. The smallest absolute Gasteiger partial charge is 0.244 e. The van der Waals surface area contributed by atoms with Gasteiger partial charge in [0.15, 0.2) is 5.82 Å². The fourth-order valence-electron chi connectivity index (χ4n) is 3.13. The summed E-state index contributed by atoms with van der Waals surface area (Å²) in [6.07, 6.45) is 4.15. The second-order valence-corrected chi connectivity index (χ2v) is 6.88. The summed E-state index contributed by atoms with van der Waals surface area (Å²) in [5.41, 5.74) is 3.22.